The topological polar surface area (TPSA) is 68.3 Å². The highest BCUT2D eigenvalue weighted by Crippen LogP contribution is 2.45. The molecule has 0 atom stereocenters. The highest BCUT2D eigenvalue weighted by molar-refractivity contribution is 6.04. The third-order valence-electron chi connectivity index (χ3n) is 22.6. The Morgan fingerprint density at radius 1 is 0.177 bits per heavy atom. The van der Waals surface area contributed by atoms with Gasteiger partial charge in [0.2, 0.25) is 0 Å². The van der Waals surface area contributed by atoms with Gasteiger partial charge in [-0.1, -0.05) is 484 Å². The summed E-state index contributed by atoms with van der Waals surface area (Å²) < 4.78 is 0. The van der Waals surface area contributed by atoms with Crippen molar-refractivity contribution in [2.24, 2.45) is 11.3 Å². The van der Waals surface area contributed by atoms with E-state index in [0.29, 0.717) is 32.1 Å². The molecule has 0 aromatic rings. The lowest BCUT2D eigenvalue weighted by atomic mass is 9.61. The lowest BCUT2D eigenvalue weighted by Gasteiger charge is -2.39. The van der Waals surface area contributed by atoms with Gasteiger partial charge in [0.1, 0.15) is 23.1 Å². The summed E-state index contributed by atoms with van der Waals surface area (Å²) in [6.45, 7) is 11.5. The van der Waals surface area contributed by atoms with Gasteiger partial charge in [-0.05, 0) is 32.1 Å². The van der Waals surface area contributed by atoms with Gasteiger partial charge in [0.25, 0.3) is 0 Å². The number of unbranched alkanes of at least 4 members (excludes halogenated alkanes) is 69. The van der Waals surface area contributed by atoms with Gasteiger partial charge in [-0.25, -0.2) is 0 Å². The molecule has 0 radical (unpaired) electrons. The minimum Gasteiger partial charge on any atom is -0.300 e. The molecule has 4 nitrogen and oxygen atoms in total. The third kappa shape index (κ3) is 67.2. The molecule has 0 saturated heterocycles. The molecule has 4 heteroatoms. The third-order valence-corrected chi connectivity index (χ3v) is 22.6. The van der Waals surface area contributed by atoms with Crippen LogP contribution < -0.4 is 0 Å². The largest absolute Gasteiger partial charge is 0.300 e. The fraction of sp³-hybridized carbons (Fsp3) is 0.957. The first-order valence-electron chi connectivity index (χ1n) is 45.4. The average Bonchev–Trinajstić information content (AvgIpc) is 0.794. The smallest absolute Gasteiger partial charge is 0.143 e. The molecule has 0 aliphatic heterocycles. The van der Waals surface area contributed by atoms with Gasteiger partial charge in [-0.2, -0.15) is 0 Å². The fourth-order valence-corrected chi connectivity index (χ4v) is 16.1. The minimum absolute atomic E-state index is 0.0700. The summed E-state index contributed by atoms with van der Waals surface area (Å²) in [5, 5.41) is 0. The average molecular weight is 1350 g/mol. The van der Waals surface area contributed by atoms with Crippen molar-refractivity contribution < 1.29 is 19.2 Å². The summed E-state index contributed by atoms with van der Waals surface area (Å²) >= 11 is 0. The summed E-state index contributed by atoms with van der Waals surface area (Å²) in [5.41, 5.74) is -0.907. The van der Waals surface area contributed by atoms with E-state index in [0.717, 1.165) is 83.5 Å². The zero-order valence-electron chi connectivity index (χ0n) is 67.0. The number of rotatable bonds is 86. The van der Waals surface area contributed by atoms with Crippen LogP contribution >= 0.6 is 0 Å². The molecule has 0 aliphatic carbocycles. The van der Waals surface area contributed by atoms with Crippen molar-refractivity contribution in [2.45, 2.75) is 555 Å². The SMILES string of the molecule is CCCCCCCCCCCCCCCCCC(=O)CC(CCCCCCCCCCCCCCCC)(CC(=O)CCCCCCCCCCCCCCCCC)C(C(=O)CCCCCCCCCCCCCCCCC)C(=O)CCCCCCCCCCCCCCCCC. The first kappa shape index (κ1) is 94.7. The van der Waals surface area contributed by atoms with E-state index in [-0.39, 0.29) is 36.0 Å². The van der Waals surface area contributed by atoms with Crippen molar-refractivity contribution in [2.75, 3.05) is 0 Å². The predicted molar refractivity (Wildman–Crippen MR) is 428 cm³/mol. The predicted octanol–water partition coefficient (Wildman–Crippen LogP) is 32.6. The summed E-state index contributed by atoms with van der Waals surface area (Å²) in [6.07, 6.45) is 97.9. The van der Waals surface area contributed by atoms with Gasteiger partial charge >= 0.3 is 0 Å². The molecule has 0 amide bonds. The number of hydrogen-bond acceptors (Lipinski definition) is 4. The van der Waals surface area contributed by atoms with Crippen LogP contribution in [0.3, 0.4) is 0 Å². The summed E-state index contributed by atoms with van der Waals surface area (Å²) in [5.74, 6) is -0.285. The Labute approximate surface area is 605 Å². The zero-order valence-corrected chi connectivity index (χ0v) is 67.0. The van der Waals surface area contributed by atoms with Gasteiger partial charge in [0.05, 0.1) is 5.92 Å². The van der Waals surface area contributed by atoms with Crippen molar-refractivity contribution in [3.05, 3.63) is 0 Å². The maximum Gasteiger partial charge on any atom is 0.143 e. The standard InChI is InChI=1S/C92H178O4/c1-6-11-16-21-26-31-36-41-46-50-55-60-65-70-75-80-87(93)85-92(84-79-74-69-64-59-54-45-40-35-30-25-20-15-10-5,86-88(94)81-76-71-66-61-56-51-47-42-37-32-27-22-17-12-7-2)91(89(95)82-77-72-67-62-57-52-48-43-38-33-28-23-18-13-8-3)90(96)83-78-73-68-63-58-53-49-44-39-34-29-24-19-14-9-4/h91H,6-86H2,1-5H3. The second-order valence-electron chi connectivity index (χ2n) is 32.3. The molecular formula is C92H178O4. The summed E-state index contributed by atoms with van der Waals surface area (Å²) in [7, 11) is 0. The van der Waals surface area contributed by atoms with Crippen molar-refractivity contribution in [1.82, 2.24) is 0 Å². The highest BCUT2D eigenvalue weighted by Gasteiger charge is 2.48. The first-order chi connectivity index (χ1) is 47.3. The van der Waals surface area contributed by atoms with Crippen LogP contribution in [0.15, 0.2) is 0 Å². The minimum atomic E-state index is -0.907. The second-order valence-corrected chi connectivity index (χ2v) is 32.3. The normalized spacial score (nSPS) is 11.9. The Kier molecular flexibility index (Phi) is 78.3. The van der Waals surface area contributed by atoms with E-state index in [2.05, 4.69) is 34.6 Å². The molecule has 0 N–H and O–H groups in total. The highest BCUT2D eigenvalue weighted by atomic mass is 16.2. The lowest BCUT2D eigenvalue weighted by Crippen LogP contribution is -2.44. The van der Waals surface area contributed by atoms with E-state index in [1.54, 1.807) is 0 Å². The molecule has 0 spiro atoms. The molecule has 96 heavy (non-hydrogen) atoms. The molecule has 0 saturated carbocycles. The fourth-order valence-electron chi connectivity index (χ4n) is 16.1. The van der Waals surface area contributed by atoms with Crippen molar-refractivity contribution >= 4 is 23.1 Å². The van der Waals surface area contributed by atoms with Gasteiger partial charge < -0.3 is 0 Å². The van der Waals surface area contributed by atoms with Crippen LogP contribution in [0.25, 0.3) is 0 Å². The van der Waals surface area contributed by atoms with E-state index in [4.69, 9.17) is 0 Å². The van der Waals surface area contributed by atoms with Crippen molar-refractivity contribution in [1.29, 1.82) is 0 Å². The van der Waals surface area contributed by atoms with E-state index in [1.807, 2.05) is 0 Å². The molecule has 0 fully saturated rings. The van der Waals surface area contributed by atoms with Crippen LogP contribution in [0.2, 0.25) is 0 Å². The number of ketones is 4. The van der Waals surface area contributed by atoms with Crippen molar-refractivity contribution in [3.63, 3.8) is 0 Å². The molecule has 0 bridgehead atoms. The van der Waals surface area contributed by atoms with E-state index in [9.17, 15) is 9.59 Å². The zero-order chi connectivity index (χ0) is 69.7. The number of carbonyl (C=O) groups excluding carboxylic acids is 4. The quantitative estimate of drug-likeness (QED) is 0.0449. The van der Waals surface area contributed by atoms with Gasteiger partial charge in [-0.3, -0.25) is 19.2 Å². The van der Waals surface area contributed by atoms with Gasteiger partial charge in [0, 0.05) is 43.9 Å². The Morgan fingerprint density at radius 3 is 0.479 bits per heavy atom. The number of Topliss-reactive ketones (excluding diaryl/α,β-unsaturated/α-hetero) is 4. The number of hydrogen-bond donors (Lipinski definition) is 0. The molecule has 0 aromatic carbocycles. The second kappa shape index (κ2) is 79.4. The Morgan fingerprint density at radius 2 is 0.312 bits per heavy atom. The summed E-state index contributed by atoms with van der Waals surface area (Å²) in [6, 6.07) is 0. The van der Waals surface area contributed by atoms with Crippen LogP contribution in [0.5, 0.6) is 0 Å². The molecule has 0 heterocycles. The molecule has 0 unspecified atom stereocenters. The summed E-state index contributed by atoms with van der Waals surface area (Å²) in [4.78, 5) is 60.5. The monoisotopic (exact) mass is 1350 g/mol. The Balaban J connectivity index is 6.40. The molecule has 570 valence electrons. The van der Waals surface area contributed by atoms with E-state index >= 15 is 9.59 Å². The van der Waals surface area contributed by atoms with Crippen LogP contribution in [0.1, 0.15) is 555 Å². The Bertz CT molecular complexity index is 1470. The Hall–Kier alpha value is -1.32. The van der Waals surface area contributed by atoms with Crippen LogP contribution in [-0.2, 0) is 19.2 Å². The van der Waals surface area contributed by atoms with Gasteiger partial charge in [0.15, 0.2) is 0 Å². The van der Waals surface area contributed by atoms with Crippen LogP contribution in [0, 0.1) is 11.3 Å². The van der Waals surface area contributed by atoms with E-state index < -0.39 is 11.3 Å². The molecule has 0 aromatic heterocycles. The molecular weight excluding hydrogens is 1170 g/mol. The van der Waals surface area contributed by atoms with Crippen molar-refractivity contribution in [3.8, 4) is 0 Å². The number of carbonyl (C=O) groups is 4. The first-order valence-corrected chi connectivity index (χ1v) is 45.4. The molecule has 0 aliphatic rings. The lowest BCUT2D eigenvalue weighted by molar-refractivity contribution is -0.142. The molecule has 0 rings (SSSR count). The van der Waals surface area contributed by atoms with E-state index in [1.165, 1.54) is 392 Å². The maximum atomic E-state index is 15.4. The van der Waals surface area contributed by atoms with Crippen LogP contribution in [0.4, 0.5) is 0 Å². The maximum absolute atomic E-state index is 15.4. The van der Waals surface area contributed by atoms with Crippen LogP contribution in [-0.4, -0.2) is 23.1 Å². The van der Waals surface area contributed by atoms with Gasteiger partial charge in [-0.15, -0.1) is 0 Å².